The van der Waals surface area contributed by atoms with Gasteiger partial charge in [0.25, 0.3) is 0 Å². The molecule has 0 unspecified atom stereocenters. The largest absolute Gasteiger partial charge is 0.485 e. The quantitative estimate of drug-likeness (QED) is 0.673. The fourth-order valence-electron chi connectivity index (χ4n) is 1.27. The number of benzene rings is 1. The van der Waals surface area contributed by atoms with Gasteiger partial charge in [-0.3, -0.25) is 14.4 Å². The minimum absolute atomic E-state index is 0.267. The van der Waals surface area contributed by atoms with Crippen LogP contribution in [0.4, 0.5) is 0 Å². The number of carboxylic acids is 1. The van der Waals surface area contributed by atoms with Crippen molar-refractivity contribution in [3.8, 4) is 5.75 Å². The maximum absolute atomic E-state index is 11.4. The molecule has 0 bridgehead atoms. The fourth-order valence-corrected chi connectivity index (χ4v) is 1.27. The van der Waals surface area contributed by atoms with Gasteiger partial charge in [0.1, 0.15) is 12.4 Å². The second kappa shape index (κ2) is 6.51. The van der Waals surface area contributed by atoms with Crippen LogP contribution in [0.2, 0.25) is 0 Å². The number of para-hydroxylation sites is 1. The summed E-state index contributed by atoms with van der Waals surface area (Å²) in [6.45, 7) is -0.362. The molecule has 0 saturated heterocycles. The smallest absolute Gasteiger partial charge is 0.305 e. The van der Waals surface area contributed by atoms with Crippen LogP contribution < -0.4 is 10.5 Å². The van der Waals surface area contributed by atoms with Crippen LogP contribution in [-0.4, -0.2) is 35.8 Å². The van der Waals surface area contributed by atoms with E-state index in [4.69, 9.17) is 15.6 Å². The van der Waals surface area contributed by atoms with Gasteiger partial charge in [-0.15, -0.1) is 0 Å². The molecule has 3 N–H and O–H groups in total. The Morgan fingerprint density at radius 3 is 2.67 bits per heavy atom. The zero-order valence-electron chi connectivity index (χ0n) is 9.54. The molecule has 1 atom stereocenters. The predicted octanol–water partition coefficient (Wildman–Crippen LogP) is 0.249. The lowest BCUT2D eigenvalue weighted by atomic mass is 10.1. The Morgan fingerprint density at radius 1 is 1.39 bits per heavy atom. The molecule has 0 aliphatic heterocycles. The van der Waals surface area contributed by atoms with Crippen LogP contribution in [0.25, 0.3) is 0 Å². The third-order valence-electron chi connectivity index (χ3n) is 2.22. The SMILES string of the molecule is N[C@@H](CC(=O)O)C(=O)COc1ccccc1C=O. The Hall–Kier alpha value is -2.21. The van der Waals surface area contributed by atoms with Crippen molar-refractivity contribution in [1.29, 1.82) is 0 Å². The van der Waals surface area contributed by atoms with E-state index in [1.807, 2.05) is 0 Å². The van der Waals surface area contributed by atoms with Crippen molar-refractivity contribution in [3.05, 3.63) is 29.8 Å². The molecular formula is C12H13NO5. The number of carboxylic acid groups (broad SMARTS) is 1. The van der Waals surface area contributed by atoms with Crippen LogP contribution in [-0.2, 0) is 9.59 Å². The molecule has 1 rings (SSSR count). The van der Waals surface area contributed by atoms with Crippen LogP contribution in [0.15, 0.2) is 24.3 Å². The van der Waals surface area contributed by atoms with E-state index < -0.39 is 24.2 Å². The lowest BCUT2D eigenvalue weighted by molar-refractivity contribution is -0.139. The van der Waals surface area contributed by atoms with Crippen molar-refractivity contribution in [2.45, 2.75) is 12.5 Å². The van der Waals surface area contributed by atoms with E-state index in [2.05, 4.69) is 0 Å². The summed E-state index contributed by atoms with van der Waals surface area (Å²) in [5, 5.41) is 8.48. The van der Waals surface area contributed by atoms with Gasteiger partial charge >= 0.3 is 5.97 Å². The number of carbonyl (C=O) groups excluding carboxylic acids is 2. The molecule has 0 heterocycles. The third kappa shape index (κ3) is 3.99. The molecule has 0 saturated carbocycles. The summed E-state index contributed by atoms with van der Waals surface area (Å²) in [6.07, 6.45) is 0.161. The number of hydrogen-bond acceptors (Lipinski definition) is 5. The van der Waals surface area contributed by atoms with Gasteiger partial charge < -0.3 is 15.6 Å². The van der Waals surface area contributed by atoms with E-state index in [0.29, 0.717) is 11.8 Å². The second-order valence-electron chi connectivity index (χ2n) is 3.62. The van der Waals surface area contributed by atoms with Gasteiger partial charge in [0.2, 0.25) is 0 Å². The maximum atomic E-state index is 11.4. The first-order valence-electron chi connectivity index (χ1n) is 5.21. The summed E-state index contributed by atoms with van der Waals surface area (Å²) in [5.41, 5.74) is 5.69. The number of ether oxygens (including phenoxy) is 1. The topological polar surface area (TPSA) is 107 Å². The normalized spacial score (nSPS) is 11.6. The molecule has 1 aromatic carbocycles. The number of rotatable bonds is 7. The minimum Gasteiger partial charge on any atom is -0.485 e. The highest BCUT2D eigenvalue weighted by molar-refractivity contribution is 5.89. The molecule has 0 aromatic heterocycles. The van der Waals surface area contributed by atoms with E-state index in [1.165, 1.54) is 0 Å². The highest BCUT2D eigenvalue weighted by Gasteiger charge is 2.17. The zero-order chi connectivity index (χ0) is 13.5. The summed E-state index contributed by atoms with van der Waals surface area (Å²) in [7, 11) is 0. The molecule has 18 heavy (non-hydrogen) atoms. The molecule has 96 valence electrons. The lowest BCUT2D eigenvalue weighted by Gasteiger charge is -2.10. The van der Waals surface area contributed by atoms with Gasteiger partial charge in [0, 0.05) is 0 Å². The Kier molecular flexibility index (Phi) is 5.01. The first-order chi connectivity index (χ1) is 8.54. The second-order valence-corrected chi connectivity index (χ2v) is 3.62. The van der Waals surface area contributed by atoms with Crippen LogP contribution >= 0.6 is 0 Å². The molecule has 1 aromatic rings. The number of hydrogen-bond donors (Lipinski definition) is 2. The van der Waals surface area contributed by atoms with Crippen molar-refractivity contribution in [2.24, 2.45) is 5.73 Å². The van der Waals surface area contributed by atoms with E-state index in [1.54, 1.807) is 24.3 Å². The Balaban J connectivity index is 2.57. The standard InChI is InChI=1S/C12H13NO5/c13-9(5-12(16)17)10(15)7-18-11-4-2-1-3-8(11)6-14/h1-4,6,9H,5,7,13H2,(H,16,17)/t9-/m0/s1. The predicted molar refractivity (Wildman–Crippen MR) is 62.6 cm³/mol. The zero-order valence-corrected chi connectivity index (χ0v) is 9.54. The highest BCUT2D eigenvalue weighted by Crippen LogP contribution is 2.15. The molecule has 0 radical (unpaired) electrons. The van der Waals surface area contributed by atoms with Crippen molar-refractivity contribution in [2.75, 3.05) is 6.61 Å². The van der Waals surface area contributed by atoms with Gasteiger partial charge in [-0.05, 0) is 12.1 Å². The number of nitrogens with two attached hydrogens (primary N) is 1. The van der Waals surface area contributed by atoms with Gasteiger partial charge in [0.15, 0.2) is 12.1 Å². The van der Waals surface area contributed by atoms with Crippen molar-refractivity contribution in [3.63, 3.8) is 0 Å². The monoisotopic (exact) mass is 251 g/mol. The summed E-state index contributed by atoms with van der Waals surface area (Å²) < 4.78 is 5.14. The molecular weight excluding hydrogens is 238 g/mol. The molecule has 0 spiro atoms. The van der Waals surface area contributed by atoms with Crippen LogP contribution in [0.5, 0.6) is 5.75 Å². The molecule has 0 aliphatic rings. The molecule has 0 amide bonds. The Bertz CT molecular complexity index is 458. The highest BCUT2D eigenvalue weighted by atomic mass is 16.5. The van der Waals surface area contributed by atoms with Gasteiger partial charge in [-0.25, -0.2) is 0 Å². The van der Waals surface area contributed by atoms with Crippen molar-refractivity contribution < 1.29 is 24.2 Å². The van der Waals surface area contributed by atoms with Crippen LogP contribution in [0.3, 0.4) is 0 Å². The minimum atomic E-state index is -1.15. The average molecular weight is 251 g/mol. The van der Waals surface area contributed by atoms with E-state index >= 15 is 0 Å². The lowest BCUT2D eigenvalue weighted by Crippen LogP contribution is -2.36. The summed E-state index contributed by atoms with van der Waals surface area (Å²) in [5.74, 6) is -1.41. The first-order valence-corrected chi connectivity index (χ1v) is 5.21. The molecule has 0 aliphatic carbocycles. The van der Waals surface area contributed by atoms with Crippen molar-refractivity contribution >= 4 is 18.0 Å². The van der Waals surface area contributed by atoms with Crippen LogP contribution in [0.1, 0.15) is 16.8 Å². The van der Waals surface area contributed by atoms with Crippen molar-refractivity contribution in [1.82, 2.24) is 0 Å². The van der Waals surface area contributed by atoms with E-state index in [-0.39, 0.29) is 12.4 Å². The summed E-state index contributed by atoms with van der Waals surface area (Å²) >= 11 is 0. The molecule has 0 fully saturated rings. The van der Waals surface area contributed by atoms with E-state index in [0.717, 1.165) is 0 Å². The number of Topliss-reactive ketones (excluding diaryl/α,β-unsaturated/α-hetero) is 1. The molecule has 6 heteroatoms. The Labute approximate surface area is 103 Å². The van der Waals surface area contributed by atoms with Gasteiger partial charge in [-0.1, -0.05) is 12.1 Å². The number of aliphatic carboxylic acids is 1. The first kappa shape index (κ1) is 13.9. The number of ketones is 1. The van der Waals surface area contributed by atoms with Crippen LogP contribution in [0, 0.1) is 0 Å². The summed E-state index contributed by atoms with van der Waals surface area (Å²) in [4.78, 5) is 32.5. The maximum Gasteiger partial charge on any atom is 0.305 e. The van der Waals surface area contributed by atoms with Gasteiger partial charge in [0.05, 0.1) is 18.0 Å². The average Bonchev–Trinajstić information content (AvgIpc) is 2.35. The van der Waals surface area contributed by atoms with E-state index in [9.17, 15) is 14.4 Å². The fraction of sp³-hybridized carbons (Fsp3) is 0.250. The van der Waals surface area contributed by atoms with Gasteiger partial charge in [-0.2, -0.15) is 0 Å². The number of carbonyl (C=O) groups is 3. The number of aldehydes is 1. The third-order valence-corrected chi connectivity index (χ3v) is 2.22. The Morgan fingerprint density at radius 2 is 2.06 bits per heavy atom. The molecule has 6 nitrogen and oxygen atoms in total. The summed E-state index contributed by atoms with van der Waals surface area (Å²) in [6, 6.07) is 5.30.